The highest BCUT2D eigenvalue weighted by Crippen LogP contribution is 2.38. The number of esters is 1. The molecule has 4 aromatic carbocycles. The van der Waals surface area contributed by atoms with Crippen molar-refractivity contribution < 1.29 is 42.8 Å². The van der Waals surface area contributed by atoms with Crippen molar-refractivity contribution in [2.45, 2.75) is 25.5 Å². The molecule has 230 valence electrons. The number of nitrogens with one attached hydrogen (secondary N) is 1. The number of Topliss-reactive ketones (excluding diaryl/α,β-unsaturated/α-hetero) is 1. The third-order valence-electron chi connectivity index (χ3n) is 7.02. The summed E-state index contributed by atoms with van der Waals surface area (Å²) >= 11 is 0. The maximum Gasteiger partial charge on any atom is 0.307 e. The molecule has 1 atom stereocenters. The second-order valence-electron chi connectivity index (χ2n) is 9.72. The number of ketones is 1. The number of fused-ring (bicyclic) bond motifs is 1. The molecule has 10 heteroatoms. The van der Waals surface area contributed by atoms with Gasteiger partial charge < -0.3 is 33.7 Å². The second kappa shape index (κ2) is 14.8. The quantitative estimate of drug-likeness (QED) is 0.149. The first-order valence-electron chi connectivity index (χ1n) is 13.8. The maximum atomic E-state index is 13.6. The summed E-state index contributed by atoms with van der Waals surface area (Å²) in [7, 11) is 7.46. The first-order valence-corrected chi connectivity index (χ1v) is 13.8. The van der Waals surface area contributed by atoms with Crippen LogP contribution in [0.4, 0.5) is 0 Å². The van der Waals surface area contributed by atoms with Gasteiger partial charge in [0.15, 0.2) is 17.3 Å². The van der Waals surface area contributed by atoms with Crippen LogP contribution in [0.3, 0.4) is 0 Å². The van der Waals surface area contributed by atoms with E-state index in [1.165, 1.54) is 35.5 Å². The predicted octanol–water partition coefficient (Wildman–Crippen LogP) is 5.45. The number of rotatable bonds is 14. The Labute approximate surface area is 255 Å². The van der Waals surface area contributed by atoms with Gasteiger partial charge in [-0.2, -0.15) is 0 Å². The fourth-order valence-corrected chi connectivity index (χ4v) is 4.74. The molecule has 0 aliphatic carbocycles. The molecule has 0 aliphatic heterocycles. The van der Waals surface area contributed by atoms with Crippen LogP contribution in [0.5, 0.6) is 28.7 Å². The van der Waals surface area contributed by atoms with Gasteiger partial charge in [0, 0.05) is 18.5 Å². The molecule has 0 radical (unpaired) electrons. The SMILES string of the molecule is COc1ccc(OC)c(C(=O)CCC(=O)OC(C(=O)NCc2cc(OC)c(OC)c(OC)c2)c2ccc3ccccc3c2)c1. The van der Waals surface area contributed by atoms with E-state index in [0.717, 1.165) is 10.8 Å². The molecule has 0 aliphatic rings. The Kier molecular flexibility index (Phi) is 10.6. The van der Waals surface area contributed by atoms with Crippen molar-refractivity contribution in [3.05, 3.63) is 89.5 Å². The fraction of sp³-hybridized carbons (Fsp3) is 0.265. The van der Waals surface area contributed by atoms with Crippen LogP contribution in [0.25, 0.3) is 10.8 Å². The Morgan fingerprint density at radius 3 is 2.00 bits per heavy atom. The standard InChI is InChI=1S/C34H35NO9/c1-39-25-12-14-28(40-2)26(19-25)27(36)13-15-31(37)44-32(24-11-10-22-8-6-7-9-23(22)18-24)34(38)35-20-21-16-29(41-3)33(43-5)30(17-21)42-4/h6-12,14,16-19,32H,13,15,20H2,1-5H3,(H,35,38). The molecule has 4 aromatic rings. The lowest BCUT2D eigenvalue weighted by atomic mass is 10.0. The van der Waals surface area contributed by atoms with Gasteiger partial charge in [-0.25, -0.2) is 0 Å². The Bertz CT molecular complexity index is 1620. The summed E-state index contributed by atoms with van der Waals surface area (Å²) in [5.74, 6) is 0.573. The number of carbonyl (C=O) groups excluding carboxylic acids is 3. The van der Waals surface area contributed by atoms with E-state index in [1.54, 1.807) is 42.5 Å². The average molecular weight is 602 g/mol. The largest absolute Gasteiger partial charge is 0.497 e. The third kappa shape index (κ3) is 7.38. The zero-order valence-electron chi connectivity index (χ0n) is 25.3. The molecule has 44 heavy (non-hydrogen) atoms. The molecular formula is C34H35NO9. The summed E-state index contributed by atoms with van der Waals surface area (Å²) in [6, 6.07) is 21.4. The number of benzene rings is 4. The van der Waals surface area contributed by atoms with Crippen molar-refractivity contribution in [1.29, 1.82) is 0 Å². The Hall–Kier alpha value is -5.25. The number of hydrogen-bond donors (Lipinski definition) is 1. The number of hydrogen-bond acceptors (Lipinski definition) is 9. The normalized spacial score (nSPS) is 11.3. The molecule has 0 fully saturated rings. The number of methoxy groups -OCH3 is 5. The second-order valence-corrected chi connectivity index (χ2v) is 9.72. The molecule has 0 bridgehead atoms. The van der Waals surface area contributed by atoms with Crippen LogP contribution in [-0.2, 0) is 20.9 Å². The van der Waals surface area contributed by atoms with Crippen LogP contribution in [-0.4, -0.2) is 53.2 Å². The molecule has 0 saturated carbocycles. The minimum atomic E-state index is -1.27. The molecule has 4 rings (SSSR count). The highest BCUT2D eigenvalue weighted by Gasteiger charge is 2.26. The van der Waals surface area contributed by atoms with E-state index in [2.05, 4.69) is 5.32 Å². The van der Waals surface area contributed by atoms with Gasteiger partial charge in [-0.15, -0.1) is 0 Å². The van der Waals surface area contributed by atoms with Gasteiger partial charge in [-0.3, -0.25) is 14.4 Å². The highest BCUT2D eigenvalue weighted by atomic mass is 16.5. The minimum absolute atomic E-state index is 0.0886. The Morgan fingerprint density at radius 2 is 1.36 bits per heavy atom. The van der Waals surface area contributed by atoms with E-state index in [-0.39, 0.29) is 30.7 Å². The lowest BCUT2D eigenvalue weighted by Crippen LogP contribution is -2.32. The predicted molar refractivity (Wildman–Crippen MR) is 164 cm³/mol. The zero-order valence-corrected chi connectivity index (χ0v) is 25.3. The van der Waals surface area contributed by atoms with Crippen molar-refractivity contribution in [2.75, 3.05) is 35.5 Å². The third-order valence-corrected chi connectivity index (χ3v) is 7.02. The molecular weight excluding hydrogens is 566 g/mol. The molecule has 1 N–H and O–H groups in total. The number of ether oxygens (including phenoxy) is 6. The van der Waals surface area contributed by atoms with Crippen LogP contribution in [0.1, 0.15) is 40.4 Å². The fourth-order valence-electron chi connectivity index (χ4n) is 4.74. The van der Waals surface area contributed by atoms with Crippen LogP contribution in [0.15, 0.2) is 72.8 Å². The van der Waals surface area contributed by atoms with Crippen molar-refractivity contribution in [2.24, 2.45) is 0 Å². The van der Waals surface area contributed by atoms with Gasteiger partial charge in [0.1, 0.15) is 11.5 Å². The maximum absolute atomic E-state index is 13.6. The van der Waals surface area contributed by atoms with Crippen LogP contribution < -0.4 is 29.0 Å². The summed E-state index contributed by atoms with van der Waals surface area (Å²) in [6.45, 7) is 0.0886. The summed E-state index contributed by atoms with van der Waals surface area (Å²) in [5.41, 5.74) is 1.45. The molecule has 0 aromatic heterocycles. The van der Waals surface area contributed by atoms with E-state index in [1.807, 2.05) is 30.3 Å². The van der Waals surface area contributed by atoms with Crippen LogP contribution in [0.2, 0.25) is 0 Å². The van der Waals surface area contributed by atoms with Gasteiger partial charge in [-0.1, -0.05) is 36.4 Å². The monoisotopic (exact) mass is 601 g/mol. The lowest BCUT2D eigenvalue weighted by molar-refractivity contribution is -0.156. The number of amides is 1. The summed E-state index contributed by atoms with van der Waals surface area (Å²) < 4.78 is 32.4. The van der Waals surface area contributed by atoms with Gasteiger partial charge >= 0.3 is 5.97 Å². The van der Waals surface area contributed by atoms with Crippen LogP contribution in [0, 0.1) is 0 Å². The molecule has 0 heterocycles. The highest BCUT2D eigenvalue weighted by molar-refractivity contribution is 6.00. The summed E-state index contributed by atoms with van der Waals surface area (Å²) in [6.07, 6.45) is -1.67. The average Bonchev–Trinajstić information content (AvgIpc) is 3.07. The number of carbonyl (C=O) groups is 3. The zero-order chi connectivity index (χ0) is 31.6. The van der Waals surface area contributed by atoms with Gasteiger partial charge in [-0.05, 0) is 52.7 Å². The molecule has 1 amide bonds. The molecule has 0 spiro atoms. The van der Waals surface area contributed by atoms with E-state index in [0.29, 0.717) is 39.9 Å². The van der Waals surface area contributed by atoms with Crippen molar-refractivity contribution >= 4 is 28.4 Å². The lowest BCUT2D eigenvalue weighted by Gasteiger charge is -2.19. The van der Waals surface area contributed by atoms with E-state index < -0.39 is 18.0 Å². The smallest absolute Gasteiger partial charge is 0.307 e. The van der Waals surface area contributed by atoms with Gasteiger partial charge in [0.05, 0.1) is 47.5 Å². The van der Waals surface area contributed by atoms with Crippen LogP contribution >= 0.6 is 0 Å². The molecule has 1 unspecified atom stereocenters. The van der Waals surface area contributed by atoms with E-state index >= 15 is 0 Å². The minimum Gasteiger partial charge on any atom is -0.497 e. The first-order chi connectivity index (χ1) is 21.3. The summed E-state index contributed by atoms with van der Waals surface area (Å²) in [4.78, 5) is 39.6. The Morgan fingerprint density at radius 1 is 0.682 bits per heavy atom. The summed E-state index contributed by atoms with van der Waals surface area (Å²) in [5, 5.41) is 4.69. The van der Waals surface area contributed by atoms with Gasteiger partial charge in [0.2, 0.25) is 11.9 Å². The van der Waals surface area contributed by atoms with E-state index in [9.17, 15) is 14.4 Å². The van der Waals surface area contributed by atoms with Crippen molar-refractivity contribution in [3.63, 3.8) is 0 Å². The first kappa shape index (κ1) is 31.7. The Balaban J connectivity index is 1.53. The molecule has 0 saturated heterocycles. The van der Waals surface area contributed by atoms with Crippen molar-refractivity contribution in [3.8, 4) is 28.7 Å². The van der Waals surface area contributed by atoms with E-state index in [4.69, 9.17) is 28.4 Å². The van der Waals surface area contributed by atoms with Crippen molar-refractivity contribution in [1.82, 2.24) is 5.32 Å². The molecule has 10 nitrogen and oxygen atoms in total. The topological polar surface area (TPSA) is 119 Å². The van der Waals surface area contributed by atoms with Gasteiger partial charge in [0.25, 0.3) is 5.91 Å².